The van der Waals surface area contributed by atoms with Crippen LogP contribution in [0.3, 0.4) is 0 Å². The molecule has 1 aliphatic heterocycles. The number of allylic oxidation sites excluding steroid dienone is 1. The van der Waals surface area contributed by atoms with Crippen LogP contribution >= 0.6 is 0 Å². The summed E-state index contributed by atoms with van der Waals surface area (Å²) in [5, 5.41) is 9.05. The lowest BCUT2D eigenvalue weighted by Crippen LogP contribution is -2.28. The van der Waals surface area contributed by atoms with Gasteiger partial charge in [0.25, 0.3) is 0 Å². The number of rotatable bonds is 1. The fourth-order valence-electron chi connectivity index (χ4n) is 1.26. The maximum absolute atomic E-state index is 8.35. The van der Waals surface area contributed by atoms with E-state index < -0.39 is 0 Å². The van der Waals surface area contributed by atoms with Gasteiger partial charge in [-0.25, -0.2) is 0 Å². The summed E-state index contributed by atoms with van der Waals surface area (Å²) in [5.74, 6) is 0. The van der Waals surface area contributed by atoms with Crippen LogP contribution in [0.2, 0.25) is 0 Å². The highest BCUT2D eigenvalue weighted by molar-refractivity contribution is 7.63. The summed E-state index contributed by atoms with van der Waals surface area (Å²) in [7, 11) is 0. The Morgan fingerprint density at radius 3 is 2.55 bits per heavy atom. The molecule has 0 spiro atoms. The molecule has 3 heteroatoms. The maximum atomic E-state index is 8.35. The van der Waals surface area contributed by atoms with Gasteiger partial charge >= 0.3 is 0 Å². The predicted molar refractivity (Wildman–Crippen MR) is 46.5 cm³/mol. The lowest BCUT2D eigenvalue weighted by molar-refractivity contribution is 0.303. The highest BCUT2D eigenvalue weighted by atomic mass is 32.1. The molecule has 1 fully saturated rings. The lowest BCUT2D eigenvalue weighted by atomic mass is 10.1. The zero-order valence-electron chi connectivity index (χ0n) is 6.42. The van der Waals surface area contributed by atoms with Crippen LogP contribution in [-0.2, 0) is 12.6 Å². The molecule has 0 bridgehead atoms. The van der Waals surface area contributed by atoms with E-state index in [0.29, 0.717) is 5.03 Å². The summed E-state index contributed by atoms with van der Waals surface area (Å²) >= 11 is 5.02. The number of hydrogen-bond donors (Lipinski definition) is 0. The van der Waals surface area contributed by atoms with Crippen molar-refractivity contribution in [3.63, 3.8) is 0 Å². The van der Waals surface area contributed by atoms with Crippen molar-refractivity contribution in [3.05, 3.63) is 11.1 Å². The van der Waals surface area contributed by atoms with Crippen molar-refractivity contribution in [1.82, 2.24) is 4.90 Å². The molecule has 0 aliphatic carbocycles. The highest BCUT2D eigenvalue weighted by Crippen LogP contribution is 2.12. The molecule has 1 aliphatic rings. The minimum Gasteiger partial charge on any atom is -0.762 e. The van der Waals surface area contributed by atoms with E-state index in [0.717, 1.165) is 13.1 Å². The van der Waals surface area contributed by atoms with Gasteiger partial charge in [0.2, 0.25) is 0 Å². The molecule has 0 aromatic carbocycles. The Morgan fingerprint density at radius 2 is 2.00 bits per heavy atom. The third kappa shape index (κ3) is 2.39. The second kappa shape index (κ2) is 4.20. The Balaban J connectivity index is 2.46. The Hall–Kier alpha value is -0.750. The standard InChI is InChI=1S/C8H12N2S/c9-5-4-8(11)10-6-2-1-3-7-10/h4,11H,1-3,6-7H2/p-1. The van der Waals surface area contributed by atoms with Gasteiger partial charge < -0.3 is 17.5 Å². The molecule has 1 rings (SSSR count). The van der Waals surface area contributed by atoms with Gasteiger partial charge in [0.1, 0.15) is 0 Å². The number of nitriles is 1. The van der Waals surface area contributed by atoms with Crippen molar-refractivity contribution < 1.29 is 0 Å². The van der Waals surface area contributed by atoms with Crippen LogP contribution in [0.1, 0.15) is 19.3 Å². The fraction of sp³-hybridized carbons (Fsp3) is 0.625. The minimum atomic E-state index is 0.701. The molecule has 1 heterocycles. The largest absolute Gasteiger partial charge is 0.762 e. The third-order valence-electron chi connectivity index (χ3n) is 1.86. The maximum Gasteiger partial charge on any atom is 0.0911 e. The average Bonchev–Trinajstić information content (AvgIpc) is 2.07. The average molecular weight is 167 g/mol. The first-order chi connectivity index (χ1) is 5.34. The molecular weight excluding hydrogens is 156 g/mol. The first-order valence-corrected chi connectivity index (χ1v) is 4.27. The van der Waals surface area contributed by atoms with Crippen LogP contribution in [0.15, 0.2) is 11.1 Å². The van der Waals surface area contributed by atoms with E-state index >= 15 is 0 Å². The van der Waals surface area contributed by atoms with Gasteiger partial charge in [0, 0.05) is 19.2 Å². The first kappa shape index (κ1) is 8.35. The van der Waals surface area contributed by atoms with Crippen LogP contribution in [0, 0.1) is 11.3 Å². The minimum absolute atomic E-state index is 0.701. The molecule has 0 unspecified atom stereocenters. The molecule has 11 heavy (non-hydrogen) atoms. The van der Waals surface area contributed by atoms with Crippen LogP contribution < -0.4 is 0 Å². The summed E-state index contributed by atoms with van der Waals surface area (Å²) in [6.07, 6.45) is 5.16. The van der Waals surface area contributed by atoms with E-state index in [4.69, 9.17) is 17.9 Å². The summed E-state index contributed by atoms with van der Waals surface area (Å²) in [5.41, 5.74) is 0. The topological polar surface area (TPSA) is 27.0 Å². The zero-order chi connectivity index (χ0) is 8.10. The Labute approximate surface area is 72.9 Å². The van der Waals surface area contributed by atoms with E-state index in [-0.39, 0.29) is 0 Å². The SMILES string of the molecule is N#CC=C([S-])N1CCCCC1. The first-order valence-electron chi connectivity index (χ1n) is 3.86. The molecule has 0 atom stereocenters. The Morgan fingerprint density at radius 1 is 1.36 bits per heavy atom. The van der Waals surface area contributed by atoms with Crippen LogP contribution in [0.25, 0.3) is 0 Å². The quantitative estimate of drug-likeness (QED) is 0.436. The van der Waals surface area contributed by atoms with Gasteiger partial charge in [-0.2, -0.15) is 5.26 Å². The van der Waals surface area contributed by atoms with E-state index in [1.165, 1.54) is 25.3 Å². The second-order valence-electron chi connectivity index (χ2n) is 2.66. The molecule has 1 saturated heterocycles. The molecular formula is C8H11N2S-. The van der Waals surface area contributed by atoms with Crippen molar-refractivity contribution in [2.24, 2.45) is 0 Å². The predicted octanol–water partition coefficient (Wildman–Crippen LogP) is 1.38. The monoisotopic (exact) mass is 167 g/mol. The summed E-state index contributed by atoms with van der Waals surface area (Å²) in [6, 6.07) is 1.96. The number of nitrogens with zero attached hydrogens (tertiary/aromatic N) is 2. The van der Waals surface area contributed by atoms with Gasteiger partial charge in [-0.05, 0) is 19.3 Å². The molecule has 0 radical (unpaired) electrons. The van der Waals surface area contributed by atoms with Crippen LogP contribution in [0.5, 0.6) is 0 Å². The molecule has 0 aromatic heterocycles. The van der Waals surface area contributed by atoms with Crippen molar-refractivity contribution in [2.45, 2.75) is 19.3 Å². The van der Waals surface area contributed by atoms with Crippen molar-refractivity contribution in [2.75, 3.05) is 13.1 Å². The van der Waals surface area contributed by atoms with Crippen molar-refractivity contribution in [3.8, 4) is 6.07 Å². The van der Waals surface area contributed by atoms with E-state index in [2.05, 4.69) is 4.90 Å². The molecule has 60 valence electrons. The molecule has 0 amide bonds. The smallest absolute Gasteiger partial charge is 0.0911 e. The lowest BCUT2D eigenvalue weighted by Gasteiger charge is -2.34. The highest BCUT2D eigenvalue weighted by Gasteiger charge is 2.05. The molecule has 0 N–H and O–H groups in total. The van der Waals surface area contributed by atoms with Crippen LogP contribution in [0.4, 0.5) is 0 Å². The molecule has 2 nitrogen and oxygen atoms in total. The second-order valence-corrected chi connectivity index (χ2v) is 3.08. The summed E-state index contributed by atoms with van der Waals surface area (Å²) < 4.78 is 0. The number of hydrogen-bond acceptors (Lipinski definition) is 3. The molecule has 0 saturated carbocycles. The zero-order valence-corrected chi connectivity index (χ0v) is 7.23. The third-order valence-corrected chi connectivity index (χ3v) is 2.23. The van der Waals surface area contributed by atoms with E-state index in [1.54, 1.807) is 0 Å². The number of piperidine rings is 1. The van der Waals surface area contributed by atoms with Gasteiger partial charge in [-0.1, -0.05) is 0 Å². The van der Waals surface area contributed by atoms with Crippen molar-refractivity contribution in [1.29, 1.82) is 5.26 Å². The van der Waals surface area contributed by atoms with Gasteiger partial charge in [-0.15, -0.1) is 5.03 Å². The van der Waals surface area contributed by atoms with Gasteiger partial charge in [0.15, 0.2) is 0 Å². The summed E-state index contributed by atoms with van der Waals surface area (Å²) in [4.78, 5) is 2.10. The van der Waals surface area contributed by atoms with E-state index in [1.807, 2.05) is 6.07 Å². The molecule has 0 aromatic rings. The van der Waals surface area contributed by atoms with Crippen LogP contribution in [-0.4, -0.2) is 18.0 Å². The van der Waals surface area contributed by atoms with E-state index in [9.17, 15) is 0 Å². The van der Waals surface area contributed by atoms with Gasteiger partial charge in [-0.3, -0.25) is 0 Å². The Bertz CT molecular complexity index is 187. The fourth-order valence-corrected chi connectivity index (χ4v) is 1.50. The normalized spacial score (nSPS) is 19.5. The van der Waals surface area contributed by atoms with Crippen molar-refractivity contribution >= 4 is 12.6 Å². The van der Waals surface area contributed by atoms with Gasteiger partial charge in [0.05, 0.1) is 6.07 Å². The summed E-state index contributed by atoms with van der Waals surface area (Å²) in [6.45, 7) is 2.05. The Kier molecular flexibility index (Phi) is 3.18. The number of likely N-dealkylation sites (tertiary alicyclic amines) is 1.